The van der Waals surface area contributed by atoms with Gasteiger partial charge < -0.3 is 19.9 Å². The zero-order chi connectivity index (χ0) is 22.9. The van der Waals surface area contributed by atoms with Gasteiger partial charge in [-0.25, -0.2) is 13.8 Å². The minimum atomic E-state index is -2.91. The van der Waals surface area contributed by atoms with Crippen LogP contribution in [0.1, 0.15) is 26.3 Å². The number of hydrogen-bond acceptors (Lipinski definition) is 6. The van der Waals surface area contributed by atoms with Crippen LogP contribution >= 0.6 is 0 Å². The summed E-state index contributed by atoms with van der Waals surface area (Å²) in [6, 6.07) is 9.32. The van der Waals surface area contributed by atoms with Crippen molar-refractivity contribution in [3.05, 3.63) is 64.7 Å². The topological polar surface area (TPSA) is 83.1 Å². The van der Waals surface area contributed by atoms with E-state index in [1.54, 1.807) is 36.7 Å². The van der Waals surface area contributed by atoms with Crippen LogP contribution in [0.25, 0.3) is 11.1 Å². The molecule has 0 saturated carbocycles. The van der Waals surface area contributed by atoms with Crippen molar-refractivity contribution >= 4 is 17.5 Å². The first-order chi connectivity index (χ1) is 15.2. The summed E-state index contributed by atoms with van der Waals surface area (Å²) in [4.78, 5) is 26.0. The molecule has 1 aliphatic rings. The van der Waals surface area contributed by atoms with Gasteiger partial charge in [-0.3, -0.25) is 4.79 Å². The van der Waals surface area contributed by atoms with E-state index in [-0.39, 0.29) is 23.3 Å². The molecule has 1 aliphatic heterocycles. The largest absolute Gasteiger partial charge is 0.372 e. The van der Waals surface area contributed by atoms with Crippen molar-refractivity contribution in [2.24, 2.45) is 0 Å². The lowest BCUT2D eigenvalue weighted by atomic mass is 10.0. The van der Waals surface area contributed by atoms with Crippen molar-refractivity contribution in [1.29, 1.82) is 0 Å². The Bertz CT molecular complexity index is 1130. The quantitative estimate of drug-likeness (QED) is 0.614. The molecule has 0 spiro atoms. The highest BCUT2D eigenvalue weighted by atomic mass is 19.3. The third kappa shape index (κ3) is 4.94. The summed E-state index contributed by atoms with van der Waals surface area (Å²) in [5, 5.41) is 3.05. The first-order valence-corrected chi connectivity index (χ1v) is 10.4. The number of nitrogens with one attached hydrogen (secondary N) is 2. The summed E-state index contributed by atoms with van der Waals surface area (Å²) in [6.45, 7) is 6.22. The highest BCUT2D eigenvalue weighted by Crippen LogP contribution is 2.29. The van der Waals surface area contributed by atoms with Crippen LogP contribution in [0.2, 0.25) is 0 Å². The average Bonchev–Trinajstić information content (AvgIpc) is 2.74. The third-order valence-corrected chi connectivity index (χ3v) is 5.24. The van der Waals surface area contributed by atoms with E-state index in [1.807, 2.05) is 13.8 Å². The van der Waals surface area contributed by atoms with Gasteiger partial charge in [0.15, 0.2) is 0 Å². The first-order valence-electron chi connectivity index (χ1n) is 10.4. The lowest BCUT2D eigenvalue weighted by Crippen LogP contribution is -2.46. The van der Waals surface area contributed by atoms with E-state index in [9.17, 15) is 13.6 Å². The lowest BCUT2D eigenvalue weighted by Gasteiger charge is -2.35. The number of anilines is 3. The molecular formula is C23H25F2N5O2. The number of H-pyrrole nitrogens is 1. The molecule has 3 heterocycles. The number of halogens is 2. The third-order valence-electron chi connectivity index (χ3n) is 5.24. The number of morpholine rings is 1. The van der Waals surface area contributed by atoms with E-state index in [4.69, 9.17) is 4.74 Å². The van der Waals surface area contributed by atoms with Crippen molar-refractivity contribution in [3.8, 4) is 11.1 Å². The smallest absolute Gasteiger partial charge is 0.271 e. The molecule has 2 atom stereocenters. The Morgan fingerprint density at radius 1 is 1.12 bits per heavy atom. The molecule has 3 aromatic rings. The van der Waals surface area contributed by atoms with Gasteiger partial charge in [-0.15, -0.1) is 0 Å². The van der Waals surface area contributed by atoms with Crippen molar-refractivity contribution in [1.82, 2.24) is 15.0 Å². The minimum Gasteiger partial charge on any atom is -0.372 e. The fourth-order valence-corrected chi connectivity index (χ4v) is 3.75. The van der Waals surface area contributed by atoms with Crippen molar-refractivity contribution in [2.45, 2.75) is 38.9 Å². The Morgan fingerprint density at radius 2 is 1.81 bits per heavy atom. The zero-order valence-corrected chi connectivity index (χ0v) is 18.1. The molecule has 1 fully saturated rings. The Morgan fingerprint density at radius 3 is 2.47 bits per heavy atom. The van der Waals surface area contributed by atoms with Crippen LogP contribution in [0.4, 0.5) is 26.2 Å². The van der Waals surface area contributed by atoms with Gasteiger partial charge in [-0.05, 0) is 31.5 Å². The zero-order valence-electron chi connectivity index (χ0n) is 18.1. The average molecular weight is 441 g/mol. The van der Waals surface area contributed by atoms with Gasteiger partial charge in [0, 0.05) is 43.5 Å². The molecule has 1 saturated heterocycles. The first kappa shape index (κ1) is 21.9. The van der Waals surface area contributed by atoms with Crippen molar-refractivity contribution in [3.63, 3.8) is 0 Å². The Kier molecular flexibility index (Phi) is 5.92. The molecule has 0 aliphatic carbocycles. The van der Waals surface area contributed by atoms with Gasteiger partial charge in [-0.1, -0.05) is 24.3 Å². The molecule has 0 bridgehead atoms. The van der Waals surface area contributed by atoms with E-state index in [1.165, 1.54) is 12.1 Å². The number of rotatable bonds is 5. The van der Waals surface area contributed by atoms with Crippen LogP contribution < -0.4 is 15.8 Å². The Balaban J connectivity index is 1.57. The normalized spacial score (nSPS) is 19.1. The van der Waals surface area contributed by atoms with Crippen LogP contribution in [-0.4, -0.2) is 40.2 Å². The molecule has 1 aromatic carbocycles. The maximum Gasteiger partial charge on any atom is 0.271 e. The van der Waals surface area contributed by atoms with Crippen LogP contribution in [0.3, 0.4) is 0 Å². The Hall–Kier alpha value is -3.33. The summed E-state index contributed by atoms with van der Waals surface area (Å²) in [7, 11) is 0. The van der Waals surface area contributed by atoms with Crippen molar-refractivity contribution < 1.29 is 13.5 Å². The molecule has 0 unspecified atom stereocenters. The molecule has 7 nitrogen and oxygen atoms in total. The second-order valence-electron chi connectivity index (χ2n) is 8.13. The number of pyridine rings is 1. The maximum atomic E-state index is 13.5. The fourth-order valence-electron chi connectivity index (χ4n) is 3.75. The molecule has 0 amide bonds. The van der Waals surface area contributed by atoms with E-state index >= 15 is 0 Å². The monoisotopic (exact) mass is 441 g/mol. The predicted octanol–water partition coefficient (Wildman–Crippen LogP) is 4.30. The van der Waals surface area contributed by atoms with Gasteiger partial charge in [0.25, 0.3) is 11.5 Å². The highest BCUT2D eigenvalue weighted by Gasteiger charge is 2.25. The number of ether oxygens (including phenoxy) is 1. The van der Waals surface area contributed by atoms with Gasteiger partial charge in [0.05, 0.1) is 12.2 Å². The SMILES string of the molecule is C[C@@H]1CN(c2nccc(Nc3cc(-c4ccc(C(C)(F)F)cc4)c[nH]c3=O)n2)C[C@H](C)O1. The molecule has 0 radical (unpaired) electrons. The van der Waals surface area contributed by atoms with E-state index in [0.29, 0.717) is 41.7 Å². The molecule has 2 aromatic heterocycles. The molecule has 2 N–H and O–H groups in total. The van der Waals surface area contributed by atoms with Crippen LogP contribution in [0, 0.1) is 0 Å². The number of aromatic nitrogens is 3. The fraction of sp³-hybridized carbons (Fsp3) is 0.348. The summed E-state index contributed by atoms with van der Waals surface area (Å²) in [5.41, 5.74) is 1.30. The molecule has 9 heteroatoms. The number of nitrogens with zero attached hydrogens (tertiary/aromatic N) is 3. The summed E-state index contributed by atoms with van der Waals surface area (Å²) in [6.07, 6.45) is 3.32. The van der Waals surface area contributed by atoms with Crippen LogP contribution in [0.15, 0.2) is 53.6 Å². The lowest BCUT2D eigenvalue weighted by molar-refractivity contribution is -0.00572. The van der Waals surface area contributed by atoms with E-state index in [0.717, 1.165) is 6.92 Å². The van der Waals surface area contributed by atoms with Crippen LogP contribution in [-0.2, 0) is 10.7 Å². The summed E-state index contributed by atoms with van der Waals surface area (Å²) in [5.74, 6) is -1.87. The van der Waals surface area contributed by atoms with Gasteiger partial charge in [-0.2, -0.15) is 4.98 Å². The number of aromatic amines is 1. The Labute approximate surface area is 184 Å². The number of benzene rings is 1. The second-order valence-corrected chi connectivity index (χ2v) is 8.13. The van der Waals surface area contributed by atoms with E-state index in [2.05, 4.69) is 25.2 Å². The van der Waals surface area contributed by atoms with Gasteiger partial charge in [0.2, 0.25) is 5.95 Å². The summed E-state index contributed by atoms with van der Waals surface area (Å²) < 4.78 is 32.7. The predicted molar refractivity (Wildman–Crippen MR) is 120 cm³/mol. The summed E-state index contributed by atoms with van der Waals surface area (Å²) >= 11 is 0. The number of hydrogen-bond donors (Lipinski definition) is 2. The van der Waals surface area contributed by atoms with Gasteiger partial charge >= 0.3 is 0 Å². The van der Waals surface area contributed by atoms with Gasteiger partial charge in [0.1, 0.15) is 11.5 Å². The highest BCUT2D eigenvalue weighted by molar-refractivity contribution is 5.69. The van der Waals surface area contributed by atoms with Crippen molar-refractivity contribution in [2.75, 3.05) is 23.3 Å². The molecule has 168 valence electrons. The molecular weight excluding hydrogens is 416 g/mol. The minimum absolute atomic E-state index is 0.0655. The maximum absolute atomic E-state index is 13.5. The van der Waals surface area contributed by atoms with E-state index < -0.39 is 5.92 Å². The standard InChI is InChI=1S/C23H25F2N5O2/c1-14-12-30(13-15(2)32-14)22-26-9-8-20(29-22)28-19-10-17(11-27-21(19)31)16-4-6-18(7-5-16)23(3,24)25/h4-11,14-15H,12-13H2,1-3H3,(H,27,31)(H,26,28,29)/t14-,15+. The molecule has 4 rings (SSSR count). The molecule has 32 heavy (non-hydrogen) atoms. The number of alkyl halides is 2. The van der Waals surface area contributed by atoms with Crippen LogP contribution in [0.5, 0.6) is 0 Å². The second kappa shape index (κ2) is 8.66.